The molecule has 0 aliphatic carbocycles. The van der Waals surface area contributed by atoms with Gasteiger partial charge in [-0.25, -0.2) is 0 Å². The Morgan fingerprint density at radius 3 is 0.692 bits per heavy atom. The predicted octanol–water partition coefficient (Wildman–Crippen LogP) is 3.70. The standard InChI is InChI=1S/2C5H5.Fe.H2P.Pd/c2*1-2-4-5-3-1;;;/h2*1-5H;;1H2;/q;;;-1;+1. The fourth-order valence-electron chi connectivity index (χ4n) is 15.8. The Kier molecular flexibility index (Phi) is 0.150. The molecule has 10 fully saturated rings. The molecule has 0 saturated carbocycles. The van der Waals surface area contributed by atoms with Gasteiger partial charge in [-0.15, -0.1) is 0 Å². The Morgan fingerprint density at radius 2 is 0.692 bits per heavy atom. The van der Waals surface area contributed by atoms with Crippen molar-refractivity contribution in [1.82, 2.24) is 0 Å². The van der Waals surface area contributed by atoms with Crippen LogP contribution in [-0.2, 0) is 25.2 Å². The molecule has 0 aromatic heterocycles. The van der Waals surface area contributed by atoms with Gasteiger partial charge >= 0.3 is 80.8 Å². The van der Waals surface area contributed by atoms with E-state index in [1.165, 1.54) is 0 Å². The molecule has 0 amide bonds. The van der Waals surface area contributed by atoms with Crippen molar-refractivity contribution in [2.45, 2.75) is 48.2 Å². The number of rotatable bonds is 0. The van der Waals surface area contributed by atoms with E-state index in [2.05, 4.69) is 26.1 Å². The van der Waals surface area contributed by atoms with Crippen molar-refractivity contribution < 1.29 is 25.2 Å². The molecule has 0 N–H and O–H groups in total. The van der Waals surface area contributed by atoms with Gasteiger partial charge in [-0.05, 0) is 0 Å². The molecule has 10 heterocycles. The van der Waals surface area contributed by atoms with Crippen molar-refractivity contribution >= 4 is 7.43 Å². The molecule has 3 heteroatoms. The van der Waals surface area contributed by atoms with Gasteiger partial charge in [-0.3, -0.25) is 0 Å². The van der Waals surface area contributed by atoms with E-state index in [1.54, 1.807) is 48.2 Å². The van der Waals surface area contributed by atoms with Gasteiger partial charge in [0.05, 0.1) is 0 Å². The summed E-state index contributed by atoms with van der Waals surface area (Å²) in [5.41, 5.74) is 0. The molecule has 0 nitrogen and oxygen atoms in total. The zero-order chi connectivity index (χ0) is 8.09. The Bertz CT molecular complexity index is 582. The van der Waals surface area contributed by atoms with E-state index in [1.807, 2.05) is 0 Å². The van der Waals surface area contributed by atoms with Crippen molar-refractivity contribution in [2.24, 2.45) is 0 Å². The van der Waals surface area contributed by atoms with Crippen molar-refractivity contribution in [3.8, 4) is 0 Å². The van der Waals surface area contributed by atoms with Crippen LogP contribution in [0.1, 0.15) is 0 Å². The summed E-state index contributed by atoms with van der Waals surface area (Å²) < 4.78 is 0. The van der Waals surface area contributed by atoms with Crippen LogP contribution in [0.25, 0.3) is 0 Å². The van der Waals surface area contributed by atoms with Crippen molar-refractivity contribution in [3.63, 3.8) is 0 Å². The summed E-state index contributed by atoms with van der Waals surface area (Å²) in [5, 5.41) is 0. The second-order valence-corrected chi connectivity index (χ2v) is 33.5. The van der Waals surface area contributed by atoms with E-state index in [4.69, 9.17) is 0 Å². The molecule has 0 aromatic carbocycles. The summed E-state index contributed by atoms with van der Waals surface area (Å²) >= 11 is 2.67. The van der Waals surface area contributed by atoms with Crippen molar-refractivity contribution in [2.75, 3.05) is 0 Å². The maximum atomic E-state index is 2.67. The van der Waals surface area contributed by atoms with Gasteiger partial charge in [0.2, 0.25) is 0 Å². The van der Waals surface area contributed by atoms with Gasteiger partial charge < -0.3 is 0 Å². The van der Waals surface area contributed by atoms with Crippen LogP contribution in [0, 0.1) is 0 Å². The fourth-order valence-corrected chi connectivity index (χ4v) is 88.0. The van der Waals surface area contributed by atoms with Crippen LogP contribution in [0.15, 0.2) is 0 Å². The monoisotopic (exact) mass is 325 g/mol. The quantitative estimate of drug-likeness (QED) is 0.471. The Hall–Kier alpha value is 1.61. The molecule has 10 aliphatic heterocycles. The van der Waals surface area contributed by atoms with Gasteiger partial charge in [0.1, 0.15) is 0 Å². The van der Waals surface area contributed by atoms with Crippen LogP contribution in [0.5, 0.6) is 0 Å². The topological polar surface area (TPSA) is 0 Å². The van der Waals surface area contributed by atoms with Gasteiger partial charge in [-0.1, -0.05) is 0 Å². The summed E-state index contributed by atoms with van der Waals surface area (Å²) in [7, 11) is 2.27. The van der Waals surface area contributed by atoms with E-state index in [0.29, 0.717) is 0 Å². The van der Waals surface area contributed by atoms with E-state index in [0.717, 1.165) is 0 Å². The fraction of sp³-hybridized carbons (Fsp3) is 1.00. The van der Waals surface area contributed by atoms with E-state index >= 15 is 0 Å². The molecule has 1 atom stereocenters. The van der Waals surface area contributed by atoms with E-state index < -0.39 is 6.51 Å². The summed E-state index contributed by atoms with van der Waals surface area (Å²) in [6.45, 7) is -2.28. The number of fused-ring (bicyclic) bond motifs is 10. The summed E-state index contributed by atoms with van der Waals surface area (Å²) in [6, 6.07) is 0. The van der Waals surface area contributed by atoms with Crippen LogP contribution < -0.4 is 0 Å². The zero-order valence-electron chi connectivity index (χ0n) is 7.02. The first kappa shape index (κ1) is 5.29. The Balaban J connectivity index is 0.000000212. The third-order valence-electron chi connectivity index (χ3n) is 14.5. The minimum atomic E-state index is -2.28. The van der Waals surface area contributed by atoms with E-state index in [9.17, 15) is 0 Å². The summed E-state index contributed by atoms with van der Waals surface area (Å²) in [6.07, 6.45) is 0. The van der Waals surface area contributed by atoms with E-state index in [-0.39, 0.29) is 0 Å². The maximum absolute atomic E-state index is 2.67. The molecule has 13 heavy (non-hydrogen) atoms. The molecule has 10 aliphatic rings. The first-order valence-electron chi connectivity index (χ1n) is 5.56. The normalized spacial score (nSPS) is 145. The molecule has 10 rings (SSSR count). The Labute approximate surface area is 80.4 Å². The van der Waals surface area contributed by atoms with Crippen LogP contribution in [0.2, 0.25) is 48.2 Å². The summed E-state index contributed by atoms with van der Waals surface area (Å²) in [4.78, 5) is 15.9. The first-order chi connectivity index (χ1) is 6.16. The third-order valence-corrected chi connectivity index (χ3v) is 56.5. The van der Waals surface area contributed by atoms with Gasteiger partial charge in [0.25, 0.3) is 0 Å². The van der Waals surface area contributed by atoms with Crippen LogP contribution in [0.4, 0.5) is 0 Å². The van der Waals surface area contributed by atoms with Crippen LogP contribution >= 0.6 is 7.43 Å². The molecule has 1 spiro atoms. The molecule has 10 saturated heterocycles. The first-order valence-corrected chi connectivity index (χ1v) is 15.0. The SMILES string of the molecule is [CH]12[CH]3[CH]4[CH]5[CH]1[Fe]23451678[CH]2[CH]1[CH]6[CH]7[CH]28.[PH2][Pd]. The Morgan fingerprint density at radius 1 is 0.538 bits per heavy atom. The average molecular weight is 325 g/mol. The van der Waals surface area contributed by atoms with Gasteiger partial charge in [0, 0.05) is 0 Å². The van der Waals surface area contributed by atoms with Crippen molar-refractivity contribution in [1.29, 1.82) is 0 Å². The second kappa shape index (κ2) is 0.369. The number of hydrogen-bond acceptors (Lipinski definition) is 0. The third kappa shape index (κ3) is 0.0452. The van der Waals surface area contributed by atoms with Gasteiger partial charge in [-0.2, -0.15) is 0 Å². The van der Waals surface area contributed by atoms with Crippen LogP contribution in [0.3, 0.4) is 0 Å². The molecule has 0 bridgehead atoms. The van der Waals surface area contributed by atoms with Gasteiger partial charge in [0.15, 0.2) is 0 Å². The molecule has 75 valence electrons. The predicted molar refractivity (Wildman–Crippen MR) is 47.2 cm³/mol. The molecular weight excluding hydrogens is 313 g/mol. The molecule has 0 radical (unpaired) electrons. The molecule has 0 aromatic rings. The van der Waals surface area contributed by atoms with Crippen LogP contribution in [-0.4, -0.2) is 0 Å². The molecular formula is C10H12FePPd. The average Bonchev–Trinajstić information content (AvgIpc) is 3.15. The molecule has 1 unspecified atom stereocenters. The number of hydrogen-bond donors (Lipinski definition) is 0. The summed E-state index contributed by atoms with van der Waals surface area (Å²) in [5.74, 6) is 0. The van der Waals surface area contributed by atoms with Crippen molar-refractivity contribution in [3.05, 3.63) is 0 Å². The minimum absolute atomic E-state index is 1.59. The second-order valence-electron chi connectivity index (χ2n) is 9.58. The zero-order valence-corrected chi connectivity index (χ0v) is 10.8.